The molecule has 0 spiro atoms. The Kier molecular flexibility index (Phi) is 5.75. The molecular weight excluding hydrogens is 369 g/mol. The number of alkyl halides is 3. The second kappa shape index (κ2) is 6.74. The third kappa shape index (κ3) is 4.96. The first-order chi connectivity index (χ1) is 9.52. The van der Waals surface area contributed by atoms with E-state index in [-0.39, 0.29) is 21.1 Å². The zero-order valence-electron chi connectivity index (χ0n) is 11.3. The molecule has 3 nitrogen and oxygen atoms in total. The third-order valence-electron chi connectivity index (χ3n) is 2.75. The molecule has 8 heteroatoms. The van der Waals surface area contributed by atoms with Crippen molar-refractivity contribution in [3.63, 3.8) is 0 Å². The number of halogens is 4. The highest BCUT2D eigenvalue weighted by Gasteiger charge is 2.32. The predicted molar refractivity (Wildman–Crippen MR) is 82.9 cm³/mol. The lowest BCUT2D eigenvalue weighted by Crippen LogP contribution is -2.36. The van der Waals surface area contributed by atoms with Crippen LogP contribution in [0.2, 0.25) is 0 Å². The van der Waals surface area contributed by atoms with E-state index < -0.39 is 23.6 Å². The van der Waals surface area contributed by atoms with E-state index in [0.29, 0.717) is 0 Å². The molecule has 0 aliphatic rings. The van der Waals surface area contributed by atoms with Gasteiger partial charge in [-0.1, -0.05) is 42.0 Å². The maximum Gasteiger partial charge on any atom is 0.416 e. The molecule has 0 heterocycles. The van der Waals surface area contributed by atoms with Gasteiger partial charge in [0.25, 0.3) is 0 Å². The Hall–Kier alpha value is -1.15. The number of amides is 1. The third-order valence-corrected chi connectivity index (χ3v) is 3.46. The summed E-state index contributed by atoms with van der Waals surface area (Å²) in [5, 5.41) is 2.42. The average Bonchev–Trinajstić information content (AvgIpc) is 2.25. The lowest BCUT2D eigenvalue weighted by molar-refractivity contribution is -0.137. The van der Waals surface area contributed by atoms with Crippen LogP contribution in [0.15, 0.2) is 22.7 Å². The van der Waals surface area contributed by atoms with Gasteiger partial charge in [-0.2, -0.15) is 13.2 Å². The minimum atomic E-state index is -4.50. The van der Waals surface area contributed by atoms with E-state index >= 15 is 0 Å². The number of hydrogen-bond donors (Lipinski definition) is 2. The highest BCUT2D eigenvalue weighted by Crippen LogP contribution is 2.33. The van der Waals surface area contributed by atoms with Crippen LogP contribution >= 0.6 is 28.1 Å². The fourth-order valence-electron chi connectivity index (χ4n) is 1.81. The van der Waals surface area contributed by atoms with Crippen LogP contribution in [-0.4, -0.2) is 10.9 Å². The van der Waals surface area contributed by atoms with Crippen LogP contribution < -0.4 is 11.1 Å². The average molecular weight is 383 g/mol. The summed E-state index contributed by atoms with van der Waals surface area (Å²) < 4.78 is 38.4. The van der Waals surface area contributed by atoms with E-state index in [1.807, 2.05) is 0 Å². The van der Waals surface area contributed by atoms with E-state index in [1.54, 1.807) is 13.8 Å². The van der Waals surface area contributed by atoms with Crippen LogP contribution in [0.5, 0.6) is 0 Å². The van der Waals surface area contributed by atoms with Crippen LogP contribution in [0.3, 0.4) is 0 Å². The Morgan fingerprint density at radius 1 is 1.33 bits per heavy atom. The summed E-state index contributed by atoms with van der Waals surface area (Å²) in [6.45, 7) is 3.51. The lowest BCUT2D eigenvalue weighted by atomic mass is 9.95. The number of anilines is 1. The minimum absolute atomic E-state index is 0.00791. The van der Waals surface area contributed by atoms with Gasteiger partial charge < -0.3 is 11.1 Å². The van der Waals surface area contributed by atoms with Gasteiger partial charge in [0, 0.05) is 10.2 Å². The smallest absolute Gasteiger partial charge is 0.393 e. The van der Waals surface area contributed by atoms with Crippen molar-refractivity contribution in [2.75, 3.05) is 5.32 Å². The normalized spacial score (nSPS) is 13.1. The van der Waals surface area contributed by atoms with Crippen molar-refractivity contribution in [2.45, 2.75) is 20.0 Å². The van der Waals surface area contributed by atoms with Gasteiger partial charge in [0.1, 0.15) is 0 Å². The quantitative estimate of drug-likeness (QED) is 0.774. The molecule has 1 aromatic carbocycles. The van der Waals surface area contributed by atoms with Crippen LogP contribution in [0.1, 0.15) is 19.4 Å². The Labute approximate surface area is 134 Å². The number of thiocarbonyl (C=S) groups is 1. The molecule has 0 saturated carbocycles. The summed E-state index contributed by atoms with van der Waals surface area (Å²) in [7, 11) is 0. The zero-order valence-corrected chi connectivity index (χ0v) is 13.7. The molecule has 0 aliphatic heterocycles. The molecule has 0 saturated heterocycles. The first-order valence-corrected chi connectivity index (χ1v) is 7.20. The first-order valence-electron chi connectivity index (χ1n) is 6.00. The van der Waals surface area contributed by atoms with Gasteiger partial charge in [0.2, 0.25) is 5.91 Å². The standard InChI is InChI=1S/C13H14BrF3N2OS/c1-6(2)10(11(18)21)12(20)19-9-4-7(13(15,16)17)3-8(14)5-9/h3-6,10H,1-2H3,(H2,18,21)(H,19,20). The van der Waals surface area contributed by atoms with Crippen molar-refractivity contribution < 1.29 is 18.0 Å². The van der Waals surface area contributed by atoms with E-state index in [9.17, 15) is 18.0 Å². The molecule has 1 rings (SSSR count). The van der Waals surface area contributed by atoms with Crippen molar-refractivity contribution in [1.82, 2.24) is 0 Å². The fraction of sp³-hybridized carbons (Fsp3) is 0.385. The SMILES string of the molecule is CC(C)C(C(=O)Nc1cc(Br)cc(C(F)(F)F)c1)C(N)=S. The number of benzene rings is 1. The van der Waals surface area contributed by atoms with Crippen LogP contribution in [0, 0.1) is 11.8 Å². The molecule has 1 amide bonds. The number of hydrogen-bond acceptors (Lipinski definition) is 2. The molecule has 0 bridgehead atoms. The molecule has 3 N–H and O–H groups in total. The van der Waals surface area contributed by atoms with Crippen LogP contribution in [-0.2, 0) is 11.0 Å². The molecular formula is C13H14BrF3N2OS. The number of nitrogens with two attached hydrogens (primary N) is 1. The Balaban J connectivity index is 3.05. The van der Waals surface area contributed by atoms with E-state index in [2.05, 4.69) is 21.2 Å². The molecule has 0 aromatic heterocycles. The van der Waals surface area contributed by atoms with Crippen LogP contribution in [0.4, 0.5) is 18.9 Å². The summed E-state index contributed by atoms with van der Waals surface area (Å²) >= 11 is 7.81. The monoisotopic (exact) mass is 382 g/mol. The topological polar surface area (TPSA) is 55.1 Å². The summed E-state index contributed by atoms with van der Waals surface area (Å²) in [4.78, 5) is 12.1. The molecule has 0 fully saturated rings. The Bertz CT molecular complexity index is 561. The van der Waals surface area contributed by atoms with Crippen molar-refractivity contribution in [3.8, 4) is 0 Å². The lowest BCUT2D eigenvalue weighted by Gasteiger charge is -2.19. The number of rotatable bonds is 4. The molecule has 0 radical (unpaired) electrons. The van der Waals surface area contributed by atoms with Gasteiger partial charge in [0.05, 0.1) is 16.5 Å². The maximum atomic E-state index is 12.7. The Morgan fingerprint density at radius 2 is 1.90 bits per heavy atom. The summed E-state index contributed by atoms with van der Waals surface area (Å²) in [5.41, 5.74) is 4.68. The van der Waals surface area contributed by atoms with Crippen molar-refractivity contribution in [2.24, 2.45) is 17.6 Å². The van der Waals surface area contributed by atoms with Gasteiger partial charge in [-0.3, -0.25) is 4.79 Å². The molecule has 0 aliphatic carbocycles. The fourth-order valence-corrected chi connectivity index (χ4v) is 2.68. The number of carbonyl (C=O) groups is 1. The van der Waals surface area contributed by atoms with Crippen molar-refractivity contribution >= 4 is 44.7 Å². The van der Waals surface area contributed by atoms with Gasteiger partial charge in [-0.05, 0) is 24.1 Å². The van der Waals surface area contributed by atoms with Gasteiger partial charge in [0.15, 0.2) is 0 Å². The van der Waals surface area contributed by atoms with E-state index in [0.717, 1.165) is 12.1 Å². The van der Waals surface area contributed by atoms with Gasteiger partial charge in [-0.25, -0.2) is 0 Å². The number of carbonyl (C=O) groups excluding carboxylic acids is 1. The zero-order chi connectivity index (χ0) is 16.4. The second-order valence-corrected chi connectivity index (χ2v) is 6.23. The predicted octanol–water partition coefficient (Wildman–Crippen LogP) is 3.96. The minimum Gasteiger partial charge on any atom is -0.393 e. The molecule has 1 atom stereocenters. The molecule has 1 unspecified atom stereocenters. The maximum absolute atomic E-state index is 12.7. The van der Waals surface area contributed by atoms with Gasteiger partial charge >= 0.3 is 6.18 Å². The highest BCUT2D eigenvalue weighted by atomic mass is 79.9. The summed E-state index contributed by atoms with van der Waals surface area (Å²) in [6.07, 6.45) is -4.50. The molecule has 116 valence electrons. The van der Waals surface area contributed by atoms with Crippen molar-refractivity contribution in [1.29, 1.82) is 0 Å². The first kappa shape index (κ1) is 17.9. The Morgan fingerprint density at radius 3 is 2.33 bits per heavy atom. The second-order valence-electron chi connectivity index (χ2n) is 4.84. The highest BCUT2D eigenvalue weighted by molar-refractivity contribution is 9.10. The van der Waals surface area contributed by atoms with E-state index in [4.69, 9.17) is 18.0 Å². The summed E-state index contributed by atoms with van der Waals surface area (Å²) in [6, 6.07) is 3.17. The number of nitrogens with one attached hydrogen (secondary N) is 1. The van der Waals surface area contributed by atoms with Crippen LogP contribution in [0.25, 0.3) is 0 Å². The summed E-state index contributed by atoms with van der Waals surface area (Å²) in [5.74, 6) is -1.42. The molecule has 1 aromatic rings. The molecule has 21 heavy (non-hydrogen) atoms. The largest absolute Gasteiger partial charge is 0.416 e. The van der Waals surface area contributed by atoms with E-state index in [1.165, 1.54) is 6.07 Å². The van der Waals surface area contributed by atoms with Crippen molar-refractivity contribution in [3.05, 3.63) is 28.2 Å². The van der Waals surface area contributed by atoms with Gasteiger partial charge in [-0.15, -0.1) is 0 Å².